The van der Waals surface area contributed by atoms with Crippen LogP contribution in [0.5, 0.6) is 11.5 Å². The molecule has 0 radical (unpaired) electrons. The summed E-state index contributed by atoms with van der Waals surface area (Å²) in [7, 11) is -3.38. The van der Waals surface area contributed by atoms with E-state index >= 15 is 0 Å². The van der Waals surface area contributed by atoms with E-state index in [2.05, 4.69) is 4.72 Å². The summed E-state index contributed by atoms with van der Waals surface area (Å²) in [5.74, 6) is 1.13. The molecule has 0 aromatic heterocycles. The summed E-state index contributed by atoms with van der Waals surface area (Å²) >= 11 is 0. The fourth-order valence-corrected chi connectivity index (χ4v) is 2.77. The number of aliphatic hydroxyl groups is 1. The molecule has 2 N–H and O–H groups in total. The zero-order chi connectivity index (χ0) is 13.0. The Hall–Kier alpha value is -1.47. The Kier molecular flexibility index (Phi) is 3.93. The molecule has 7 heteroatoms. The lowest BCUT2D eigenvalue weighted by atomic mass is 10.3. The predicted molar refractivity (Wildman–Crippen MR) is 66.3 cm³/mol. The van der Waals surface area contributed by atoms with Crippen molar-refractivity contribution in [3.8, 4) is 11.5 Å². The first-order valence-corrected chi connectivity index (χ1v) is 7.27. The van der Waals surface area contributed by atoms with Gasteiger partial charge in [0.15, 0.2) is 11.5 Å². The molecule has 0 saturated carbocycles. The van der Waals surface area contributed by atoms with Gasteiger partial charge in [-0.15, -0.1) is 0 Å². The highest BCUT2D eigenvalue weighted by atomic mass is 32.2. The number of ether oxygens (including phenoxy) is 2. The minimum atomic E-state index is -3.38. The number of hydrogen-bond acceptors (Lipinski definition) is 5. The highest BCUT2D eigenvalue weighted by Gasteiger charge is 2.16. The highest BCUT2D eigenvalue weighted by Crippen LogP contribution is 2.34. The summed E-state index contributed by atoms with van der Waals surface area (Å²) in [6.07, 6.45) is 0.901. The van der Waals surface area contributed by atoms with Crippen LogP contribution in [0.2, 0.25) is 0 Å². The zero-order valence-corrected chi connectivity index (χ0v) is 10.6. The van der Waals surface area contributed by atoms with Crippen LogP contribution < -0.4 is 14.2 Å². The van der Waals surface area contributed by atoms with Crippen molar-refractivity contribution in [1.29, 1.82) is 0 Å². The number of rotatable bonds is 6. The number of nitrogens with one attached hydrogen (secondary N) is 1. The summed E-state index contributed by atoms with van der Waals surface area (Å²) in [6.45, 7) is 0.154. The van der Waals surface area contributed by atoms with Gasteiger partial charge in [-0.05, 0) is 25.0 Å². The average Bonchev–Trinajstić information content (AvgIpc) is 2.75. The van der Waals surface area contributed by atoms with Gasteiger partial charge in [0.25, 0.3) is 0 Å². The van der Waals surface area contributed by atoms with E-state index < -0.39 is 10.0 Å². The third kappa shape index (κ3) is 3.27. The van der Waals surface area contributed by atoms with Crippen molar-refractivity contribution in [3.63, 3.8) is 0 Å². The molecule has 0 amide bonds. The smallest absolute Gasteiger partial charge is 0.232 e. The van der Waals surface area contributed by atoms with E-state index in [-0.39, 0.29) is 19.2 Å². The Morgan fingerprint density at radius 1 is 1.22 bits per heavy atom. The van der Waals surface area contributed by atoms with Crippen LogP contribution in [-0.4, -0.2) is 32.7 Å². The SMILES string of the molecule is O=S(=O)(CCCCO)Nc1ccc2c(c1)OCO2. The van der Waals surface area contributed by atoms with Gasteiger partial charge >= 0.3 is 0 Å². The average molecular weight is 273 g/mol. The summed E-state index contributed by atoms with van der Waals surface area (Å²) in [4.78, 5) is 0. The third-order valence-corrected chi connectivity index (χ3v) is 3.84. The standard InChI is InChI=1S/C11H15NO5S/c13-5-1-2-6-18(14,15)12-9-3-4-10-11(7-9)17-8-16-10/h3-4,7,12-13H,1-2,5-6,8H2. The molecule has 1 aliphatic rings. The minimum absolute atomic E-state index is 0.000452. The Labute approximate surface area is 106 Å². The van der Waals surface area contributed by atoms with E-state index in [1.54, 1.807) is 18.2 Å². The maximum absolute atomic E-state index is 11.7. The summed E-state index contributed by atoms with van der Waals surface area (Å²) < 4.78 is 36.2. The van der Waals surface area contributed by atoms with Crippen molar-refractivity contribution in [3.05, 3.63) is 18.2 Å². The molecule has 1 aliphatic heterocycles. The number of aliphatic hydroxyl groups excluding tert-OH is 1. The largest absolute Gasteiger partial charge is 0.454 e. The van der Waals surface area contributed by atoms with Crippen LogP contribution in [0.3, 0.4) is 0 Å². The molecule has 1 heterocycles. The maximum atomic E-state index is 11.7. The Balaban J connectivity index is 2.00. The number of unbranched alkanes of at least 4 members (excludes halogenated alkanes) is 1. The molecule has 100 valence electrons. The van der Waals surface area contributed by atoms with Crippen LogP contribution in [0.25, 0.3) is 0 Å². The van der Waals surface area contributed by atoms with Crippen LogP contribution in [0, 0.1) is 0 Å². The van der Waals surface area contributed by atoms with Crippen LogP contribution >= 0.6 is 0 Å². The van der Waals surface area contributed by atoms with Crippen molar-refractivity contribution >= 4 is 15.7 Å². The lowest BCUT2D eigenvalue weighted by molar-refractivity contribution is 0.174. The monoisotopic (exact) mass is 273 g/mol. The number of benzene rings is 1. The molecule has 0 spiro atoms. The van der Waals surface area contributed by atoms with E-state index in [0.717, 1.165) is 0 Å². The first kappa shape index (κ1) is 13.0. The van der Waals surface area contributed by atoms with Gasteiger partial charge in [-0.2, -0.15) is 0 Å². The van der Waals surface area contributed by atoms with Crippen LogP contribution in [0.1, 0.15) is 12.8 Å². The molecule has 18 heavy (non-hydrogen) atoms. The molecule has 1 aromatic rings. The van der Waals surface area contributed by atoms with E-state index in [1.807, 2.05) is 0 Å². The van der Waals surface area contributed by atoms with Crippen molar-refractivity contribution in [2.45, 2.75) is 12.8 Å². The predicted octanol–water partition coefficient (Wildman–Crippen LogP) is 0.929. The number of fused-ring (bicyclic) bond motifs is 1. The molecule has 1 aromatic carbocycles. The molecular formula is C11H15NO5S. The molecule has 0 bridgehead atoms. The minimum Gasteiger partial charge on any atom is -0.454 e. The molecule has 2 rings (SSSR count). The third-order valence-electron chi connectivity index (χ3n) is 2.47. The van der Waals surface area contributed by atoms with Gasteiger partial charge in [0, 0.05) is 12.7 Å². The van der Waals surface area contributed by atoms with E-state index in [0.29, 0.717) is 30.0 Å². The van der Waals surface area contributed by atoms with Gasteiger partial charge in [0.05, 0.1) is 11.4 Å². The number of sulfonamides is 1. The van der Waals surface area contributed by atoms with Crippen molar-refractivity contribution in [2.75, 3.05) is 23.9 Å². The van der Waals surface area contributed by atoms with E-state index in [1.165, 1.54) is 0 Å². The molecule has 6 nitrogen and oxygen atoms in total. The second kappa shape index (κ2) is 5.45. The van der Waals surface area contributed by atoms with Gasteiger partial charge in [-0.3, -0.25) is 4.72 Å². The zero-order valence-electron chi connectivity index (χ0n) is 9.76. The second-order valence-corrected chi connectivity index (χ2v) is 5.76. The second-order valence-electron chi connectivity index (χ2n) is 3.92. The number of anilines is 1. The van der Waals surface area contributed by atoms with Gasteiger partial charge in [0.2, 0.25) is 16.8 Å². The highest BCUT2D eigenvalue weighted by molar-refractivity contribution is 7.92. The number of hydrogen-bond donors (Lipinski definition) is 2. The molecule has 0 saturated heterocycles. The molecular weight excluding hydrogens is 258 g/mol. The quantitative estimate of drug-likeness (QED) is 0.753. The van der Waals surface area contributed by atoms with Crippen molar-refractivity contribution in [2.24, 2.45) is 0 Å². The fourth-order valence-electron chi connectivity index (χ4n) is 1.59. The molecule has 0 aliphatic carbocycles. The van der Waals surface area contributed by atoms with Crippen molar-refractivity contribution < 1.29 is 23.0 Å². The summed E-state index contributed by atoms with van der Waals surface area (Å²) in [5, 5.41) is 8.61. The van der Waals surface area contributed by atoms with Crippen LogP contribution in [0.4, 0.5) is 5.69 Å². The maximum Gasteiger partial charge on any atom is 0.232 e. The summed E-state index contributed by atoms with van der Waals surface area (Å²) in [6, 6.07) is 4.87. The first-order chi connectivity index (χ1) is 8.61. The van der Waals surface area contributed by atoms with Gasteiger partial charge in [-0.25, -0.2) is 8.42 Å². The van der Waals surface area contributed by atoms with Crippen molar-refractivity contribution in [1.82, 2.24) is 0 Å². The van der Waals surface area contributed by atoms with E-state index in [4.69, 9.17) is 14.6 Å². The van der Waals surface area contributed by atoms with Crippen LogP contribution in [-0.2, 0) is 10.0 Å². The summed E-state index contributed by atoms with van der Waals surface area (Å²) in [5.41, 5.74) is 0.447. The fraction of sp³-hybridized carbons (Fsp3) is 0.455. The Morgan fingerprint density at radius 3 is 2.78 bits per heavy atom. The molecule has 0 unspecified atom stereocenters. The lowest BCUT2D eigenvalue weighted by Crippen LogP contribution is -2.16. The van der Waals surface area contributed by atoms with Gasteiger partial charge < -0.3 is 14.6 Å². The molecule has 0 atom stereocenters. The topological polar surface area (TPSA) is 84.9 Å². The van der Waals surface area contributed by atoms with Gasteiger partial charge in [-0.1, -0.05) is 0 Å². The van der Waals surface area contributed by atoms with Gasteiger partial charge in [0.1, 0.15) is 0 Å². The Morgan fingerprint density at radius 2 is 2.00 bits per heavy atom. The first-order valence-electron chi connectivity index (χ1n) is 5.62. The molecule has 0 fully saturated rings. The van der Waals surface area contributed by atoms with E-state index in [9.17, 15) is 8.42 Å². The Bertz CT molecular complexity index is 514. The normalized spacial score (nSPS) is 13.6. The van der Waals surface area contributed by atoms with Crippen LogP contribution in [0.15, 0.2) is 18.2 Å². The lowest BCUT2D eigenvalue weighted by Gasteiger charge is -2.08.